The smallest absolute Gasteiger partial charge is 0.178 e. The predicted molar refractivity (Wildman–Crippen MR) is 216 cm³/mol. The number of likely N-dealkylation sites (tertiary alicyclic amines) is 1. The second-order valence-electron chi connectivity index (χ2n) is 14.1. The second-order valence-corrected chi connectivity index (χ2v) is 16.7. The fraction of sp³-hybridized carbons (Fsp3) is 0.395. The Morgan fingerprint density at radius 2 is 1.57 bits per heavy atom. The molecule has 1 aromatic heterocycles. The van der Waals surface area contributed by atoms with E-state index in [4.69, 9.17) is 21.4 Å². The van der Waals surface area contributed by atoms with E-state index in [1.54, 1.807) is 24.3 Å². The number of rotatable bonds is 14. The van der Waals surface area contributed by atoms with Crippen LogP contribution in [0.3, 0.4) is 0 Å². The zero-order valence-corrected chi connectivity index (χ0v) is 32.3. The van der Waals surface area contributed by atoms with Crippen LogP contribution in [0.5, 0.6) is 0 Å². The van der Waals surface area contributed by atoms with Crippen LogP contribution in [-0.2, 0) is 27.4 Å². The fourth-order valence-corrected chi connectivity index (χ4v) is 8.98. The molecule has 3 heterocycles. The molecule has 5 aromatic rings. The summed E-state index contributed by atoms with van der Waals surface area (Å²) in [6, 6.07) is 34.7. The highest BCUT2D eigenvalue weighted by Crippen LogP contribution is 2.31. The number of likely N-dealkylation sites (N-methyl/N-ethyl adjacent to an activating group) is 1. The number of halogens is 1. The molecular weight excluding hydrogens is 704 g/mol. The molecule has 2 N–H and O–H groups in total. The maximum Gasteiger partial charge on any atom is 0.178 e. The summed E-state index contributed by atoms with van der Waals surface area (Å²) < 4.78 is 30.5. The summed E-state index contributed by atoms with van der Waals surface area (Å²) in [5, 5.41) is 10.8. The maximum absolute atomic E-state index is 12.5. The van der Waals surface area contributed by atoms with Gasteiger partial charge in [0.2, 0.25) is 0 Å². The van der Waals surface area contributed by atoms with Gasteiger partial charge in [-0.05, 0) is 97.9 Å². The Balaban J connectivity index is 0.000000182. The van der Waals surface area contributed by atoms with Crippen LogP contribution < -0.4 is 0 Å². The van der Waals surface area contributed by atoms with Gasteiger partial charge in [0.15, 0.2) is 9.84 Å². The highest BCUT2D eigenvalue weighted by molar-refractivity contribution is 7.91. The molecule has 53 heavy (non-hydrogen) atoms. The number of aliphatic hydroxyl groups excluding tert-OH is 1. The Morgan fingerprint density at radius 3 is 2.25 bits per heavy atom. The number of nitrogens with zero attached hydrogens (tertiary/aromatic N) is 3. The quantitative estimate of drug-likeness (QED) is 0.120. The third kappa shape index (κ3) is 10.8. The van der Waals surface area contributed by atoms with Crippen LogP contribution >= 0.6 is 11.6 Å². The average Bonchev–Trinajstić information content (AvgIpc) is 3.80. The van der Waals surface area contributed by atoms with Crippen LogP contribution in [-0.4, -0.2) is 111 Å². The number of aryl methyl sites for hydroxylation is 1. The molecule has 2 aliphatic rings. The first-order chi connectivity index (χ1) is 25.8. The molecule has 0 radical (unpaired) electrons. The Bertz CT molecular complexity index is 1950. The molecule has 1 unspecified atom stereocenters. The lowest BCUT2D eigenvalue weighted by Crippen LogP contribution is -2.48. The van der Waals surface area contributed by atoms with E-state index in [0.29, 0.717) is 30.6 Å². The molecule has 2 fully saturated rings. The molecule has 10 heteroatoms. The first kappa shape index (κ1) is 39.2. The summed E-state index contributed by atoms with van der Waals surface area (Å²) in [6.45, 7) is 7.38. The molecule has 4 aromatic carbocycles. The fourth-order valence-electron chi connectivity index (χ4n) is 7.54. The number of benzene rings is 4. The average molecular weight is 757 g/mol. The van der Waals surface area contributed by atoms with Crippen molar-refractivity contribution in [3.8, 4) is 0 Å². The SMILES string of the molecule is CN1CCC[C@@H]1Cc1c[nH]c2ccc(CCS(=O)(=O)c3ccccc3)cc12.OCCOCCN1CCN(C(c2ccccc2)c2ccc(Cl)cc2)CC1. The van der Waals surface area contributed by atoms with Crippen molar-refractivity contribution in [1.29, 1.82) is 0 Å². The number of sulfone groups is 1. The molecule has 0 spiro atoms. The topological polar surface area (TPSA) is 89.1 Å². The van der Waals surface area contributed by atoms with Crippen LogP contribution in [0.25, 0.3) is 10.9 Å². The molecule has 0 aliphatic carbocycles. The van der Waals surface area contributed by atoms with Crippen molar-refractivity contribution in [3.63, 3.8) is 0 Å². The highest BCUT2D eigenvalue weighted by Gasteiger charge is 2.26. The molecule has 0 saturated carbocycles. The summed E-state index contributed by atoms with van der Waals surface area (Å²) in [6.07, 6.45) is 6.20. The van der Waals surface area contributed by atoms with Crippen LogP contribution in [0.4, 0.5) is 0 Å². The molecule has 8 nitrogen and oxygen atoms in total. The van der Waals surface area contributed by atoms with Gasteiger partial charge in [-0.2, -0.15) is 0 Å². The zero-order chi connectivity index (χ0) is 37.0. The van der Waals surface area contributed by atoms with Gasteiger partial charge in [0.05, 0.1) is 36.5 Å². The first-order valence-corrected chi connectivity index (χ1v) is 20.9. The summed E-state index contributed by atoms with van der Waals surface area (Å²) in [5.41, 5.74) is 6.12. The lowest BCUT2D eigenvalue weighted by molar-refractivity contribution is 0.0522. The number of aromatic amines is 1. The summed E-state index contributed by atoms with van der Waals surface area (Å²) in [4.78, 5) is 11.2. The molecule has 7 rings (SSSR count). The van der Waals surface area contributed by atoms with Crippen molar-refractivity contribution < 1.29 is 18.3 Å². The van der Waals surface area contributed by atoms with Gasteiger partial charge >= 0.3 is 0 Å². The number of ether oxygens (including phenoxy) is 1. The van der Waals surface area contributed by atoms with Crippen LogP contribution in [0, 0.1) is 0 Å². The molecular formula is C43H53ClN4O4S. The maximum atomic E-state index is 12.5. The first-order valence-electron chi connectivity index (χ1n) is 18.8. The van der Waals surface area contributed by atoms with E-state index in [9.17, 15) is 8.42 Å². The van der Waals surface area contributed by atoms with Gasteiger partial charge in [-0.25, -0.2) is 8.42 Å². The lowest BCUT2D eigenvalue weighted by atomic mass is 9.96. The van der Waals surface area contributed by atoms with E-state index in [1.165, 1.54) is 41.5 Å². The number of aromatic nitrogens is 1. The summed E-state index contributed by atoms with van der Waals surface area (Å²) in [7, 11) is -1.05. The molecule has 2 atom stereocenters. The number of H-pyrrole nitrogens is 1. The number of hydrogen-bond donors (Lipinski definition) is 2. The molecule has 2 saturated heterocycles. The monoisotopic (exact) mass is 756 g/mol. The van der Waals surface area contributed by atoms with E-state index < -0.39 is 9.84 Å². The van der Waals surface area contributed by atoms with Crippen molar-refractivity contribution in [3.05, 3.63) is 137 Å². The minimum Gasteiger partial charge on any atom is -0.394 e. The van der Waals surface area contributed by atoms with Crippen molar-refractivity contribution in [1.82, 2.24) is 19.7 Å². The highest BCUT2D eigenvalue weighted by atomic mass is 35.5. The van der Waals surface area contributed by atoms with Crippen molar-refractivity contribution in [2.45, 2.75) is 42.7 Å². The third-order valence-electron chi connectivity index (χ3n) is 10.6. The number of fused-ring (bicyclic) bond motifs is 1. The number of aliphatic hydroxyl groups is 1. The normalized spacial score (nSPS) is 17.8. The van der Waals surface area contributed by atoms with Gasteiger partial charge < -0.3 is 19.7 Å². The van der Waals surface area contributed by atoms with Gasteiger partial charge in [0.1, 0.15) is 0 Å². The predicted octanol–water partition coefficient (Wildman–Crippen LogP) is 6.88. The molecule has 0 bridgehead atoms. The van der Waals surface area contributed by atoms with Crippen molar-refractivity contribution >= 4 is 32.3 Å². The summed E-state index contributed by atoms with van der Waals surface area (Å²) in [5.74, 6) is 0.133. The minimum atomic E-state index is -3.25. The standard InChI is InChI=1S/C22H26N2O2S.C21H27ClN2O2/c1-24-12-5-6-19(24)15-18-16-23-22-10-9-17(14-21(18)22)11-13-27(25,26)20-7-3-2-4-8-20;22-20-8-6-19(7-9-20)21(18-4-2-1-3-5-18)24-12-10-23(11-13-24)14-16-26-17-15-25/h2-4,7-10,14,16,19,23H,5-6,11-13,15H2,1H3;1-9,21,25H,10-17H2/t19-;/m1./s1. The number of nitrogens with one attached hydrogen (secondary N) is 1. The zero-order valence-electron chi connectivity index (χ0n) is 30.7. The largest absolute Gasteiger partial charge is 0.394 e. The van der Waals surface area contributed by atoms with Crippen LogP contribution in [0.2, 0.25) is 5.02 Å². The molecule has 2 aliphatic heterocycles. The Labute approximate surface area is 320 Å². The molecule has 282 valence electrons. The minimum absolute atomic E-state index is 0.0909. The van der Waals surface area contributed by atoms with E-state index in [1.807, 2.05) is 24.3 Å². The Morgan fingerprint density at radius 1 is 0.868 bits per heavy atom. The van der Waals surface area contributed by atoms with E-state index >= 15 is 0 Å². The van der Waals surface area contributed by atoms with E-state index in [0.717, 1.165) is 55.2 Å². The van der Waals surface area contributed by atoms with Gasteiger partial charge in [-0.15, -0.1) is 0 Å². The van der Waals surface area contributed by atoms with Crippen LogP contribution in [0.1, 0.15) is 41.1 Å². The number of piperazine rings is 1. The lowest BCUT2D eigenvalue weighted by Gasteiger charge is -2.39. The Hall–Kier alpha value is -3.54. The van der Waals surface area contributed by atoms with Crippen molar-refractivity contribution in [2.75, 3.05) is 71.9 Å². The second kappa shape index (κ2) is 19.2. The van der Waals surface area contributed by atoms with Crippen molar-refractivity contribution in [2.24, 2.45) is 0 Å². The third-order valence-corrected chi connectivity index (χ3v) is 12.6. The van der Waals surface area contributed by atoms with Gasteiger partial charge in [0.25, 0.3) is 0 Å². The van der Waals surface area contributed by atoms with Crippen LogP contribution in [0.15, 0.2) is 114 Å². The van der Waals surface area contributed by atoms with Gasteiger partial charge in [-0.1, -0.05) is 78.3 Å². The van der Waals surface area contributed by atoms with Gasteiger partial charge in [-0.3, -0.25) is 9.80 Å². The number of hydrogen-bond acceptors (Lipinski definition) is 7. The summed E-state index contributed by atoms with van der Waals surface area (Å²) >= 11 is 6.09. The van der Waals surface area contributed by atoms with E-state index in [2.05, 4.69) is 87.5 Å². The van der Waals surface area contributed by atoms with E-state index in [-0.39, 0.29) is 18.4 Å². The Kier molecular flexibility index (Phi) is 14.2. The molecule has 0 amide bonds. The van der Waals surface area contributed by atoms with Gasteiger partial charge in [0, 0.05) is 60.9 Å².